The van der Waals surface area contributed by atoms with E-state index in [0.29, 0.717) is 0 Å². The van der Waals surface area contributed by atoms with Crippen LogP contribution in [0.1, 0.15) is 0 Å². The molecule has 0 aromatic rings. The first-order valence-corrected chi connectivity index (χ1v) is 5.52. The summed E-state index contributed by atoms with van der Waals surface area (Å²) in [5, 5.41) is -0.698. The Bertz CT molecular complexity index is 130. The summed E-state index contributed by atoms with van der Waals surface area (Å²) in [5.74, 6) is 0.756. The van der Waals surface area contributed by atoms with E-state index in [2.05, 4.69) is 0 Å². The van der Waals surface area contributed by atoms with Crippen molar-refractivity contribution >= 4 is 49.9 Å². The molecule has 9 heavy (non-hydrogen) atoms. The molecule has 1 saturated heterocycles. The Hall–Kier alpha value is 0.950. The minimum Gasteiger partial charge on any atom is -0.285 e. The lowest BCUT2D eigenvalue weighted by Gasteiger charge is -2.17. The first kappa shape index (κ1) is 8.05. The molecule has 1 fully saturated rings. The van der Waals surface area contributed by atoms with E-state index in [-0.39, 0.29) is 10.5 Å². The molecule has 1 heterocycles. The molecular weight excluding hydrogens is 199 g/mol. The Kier molecular flexibility index (Phi) is 3.02. The Morgan fingerprint density at radius 2 is 2.22 bits per heavy atom. The zero-order chi connectivity index (χ0) is 6.85. The van der Waals surface area contributed by atoms with Crippen molar-refractivity contribution in [2.45, 2.75) is 10.8 Å². The van der Waals surface area contributed by atoms with Crippen molar-refractivity contribution in [3.63, 3.8) is 0 Å². The van der Waals surface area contributed by atoms with Gasteiger partial charge in [-0.1, -0.05) is 10.8 Å². The number of rotatable bonds is 0. The van der Waals surface area contributed by atoms with Crippen molar-refractivity contribution in [1.29, 1.82) is 0 Å². The van der Waals surface area contributed by atoms with Crippen LogP contribution in [0.5, 0.6) is 0 Å². The number of carbonyl (C=O) groups excluding carboxylic acids is 1. The van der Waals surface area contributed by atoms with Gasteiger partial charge in [0.1, 0.15) is 5.38 Å². The van der Waals surface area contributed by atoms with Gasteiger partial charge in [-0.3, -0.25) is 4.79 Å². The standard InChI is InChI=1S/C4H4Cl2OS2/c5-2-1-8-9-4(7)3(2)6/h2-3H,1H2. The van der Waals surface area contributed by atoms with Gasteiger partial charge in [0, 0.05) is 5.75 Å². The lowest BCUT2D eigenvalue weighted by molar-refractivity contribution is -0.110. The van der Waals surface area contributed by atoms with E-state index in [1.54, 1.807) is 0 Å². The highest BCUT2D eigenvalue weighted by Crippen LogP contribution is 2.35. The van der Waals surface area contributed by atoms with Crippen molar-refractivity contribution < 1.29 is 4.79 Å². The molecule has 1 nitrogen and oxygen atoms in total. The van der Waals surface area contributed by atoms with E-state index >= 15 is 0 Å². The topological polar surface area (TPSA) is 17.1 Å². The SMILES string of the molecule is O=C1SSCC(Cl)C1Cl. The maximum Gasteiger partial charge on any atom is 0.218 e. The summed E-state index contributed by atoms with van der Waals surface area (Å²) in [7, 11) is 2.66. The highest BCUT2D eigenvalue weighted by atomic mass is 35.5. The van der Waals surface area contributed by atoms with E-state index in [0.717, 1.165) is 5.75 Å². The molecule has 1 aliphatic rings. The smallest absolute Gasteiger partial charge is 0.218 e. The third-order valence-corrected chi connectivity index (χ3v) is 4.55. The summed E-state index contributed by atoms with van der Waals surface area (Å²) in [6.45, 7) is 0. The minimum absolute atomic E-state index is 0.0204. The molecular formula is C4H4Cl2OS2. The average molecular weight is 203 g/mol. The van der Waals surface area contributed by atoms with Crippen LogP contribution in [0.25, 0.3) is 0 Å². The summed E-state index contributed by atoms with van der Waals surface area (Å²) < 4.78 is 0. The maximum absolute atomic E-state index is 10.7. The molecule has 0 amide bonds. The summed E-state index contributed by atoms with van der Waals surface area (Å²) in [6, 6.07) is 0. The van der Waals surface area contributed by atoms with Gasteiger partial charge >= 0.3 is 0 Å². The van der Waals surface area contributed by atoms with Gasteiger partial charge in [-0.25, -0.2) is 0 Å². The number of alkyl halides is 2. The third-order valence-electron chi connectivity index (χ3n) is 0.911. The van der Waals surface area contributed by atoms with Gasteiger partial charge in [0.05, 0.1) is 5.38 Å². The second-order valence-corrected chi connectivity index (χ2v) is 4.98. The molecule has 0 N–H and O–H groups in total. The van der Waals surface area contributed by atoms with Crippen LogP contribution >= 0.6 is 44.8 Å². The molecule has 1 rings (SSSR count). The molecule has 1 aliphatic heterocycles. The predicted octanol–water partition coefficient (Wildman–Crippen LogP) is 2.12. The van der Waals surface area contributed by atoms with Crippen molar-refractivity contribution in [3.05, 3.63) is 0 Å². The molecule has 0 aliphatic carbocycles. The number of hydrogen-bond donors (Lipinski definition) is 0. The van der Waals surface area contributed by atoms with E-state index in [9.17, 15) is 4.79 Å². The molecule has 0 saturated carbocycles. The summed E-state index contributed by atoms with van der Waals surface area (Å²) in [4.78, 5) is 10.7. The zero-order valence-electron chi connectivity index (χ0n) is 4.34. The first-order valence-electron chi connectivity index (χ1n) is 2.33. The van der Waals surface area contributed by atoms with Crippen molar-refractivity contribution in [2.75, 3.05) is 5.75 Å². The summed E-state index contributed by atoms with van der Waals surface area (Å²) in [5.41, 5.74) is 0. The second kappa shape index (κ2) is 3.37. The Morgan fingerprint density at radius 3 is 2.67 bits per heavy atom. The van der Waals surface area contributed by atoms with Gasteiger partial charge in [0.2, 0.25) is 5.12 Å². The molecule has 0 spiro atoms. The van der Waals surface area contributed by atoms with Crippen LogP contribution in [0.3, 0.4) is 0 Å². The van der Waals surface area contributed by atoms with Gasteiger partial charge in [-0.05, 0) is 10.8 Å². The normalized spacial score (nSPS) is 36.9. The van der Waals surface area contributed by atoms with E-state index in [4.69, 9.17) is 23.2 Å². The summed E-state index contributed by atoms with van der Waals surface area (Å²) >= 11 is 11.3. The molecule has 5 heteroatoms. The van der Waals surface area contributed by atoms with Crippen molar-refractivity contribution in [3.8, 4) is 0 Å². The van der Waals surface area contributed by atoms with Crippen LogP contribution in [-0.4, -0.2) is 21.6 Å². The number of hydrogen-bond acceptors (Lipinski definition) is 3. The summed E-state index contributed by atoms with van der Waals surface area (Å²) in [6.07, 6.45) is 0. The van der Waals surface area contributed by atoms with Gasteiger partial charge in [-0.15, -0.1) is 23.2 Å². The fourth-order valence-electron chi connectivity index (χ4n) is 0.435. The molecule has 2 atom stereocenters. The Balaban J connectivity index is 2.51. The van der Waals surface area contributed by atoms with Gasteiger partial charge in [-0.2, -0.15) is 0 Å². The minimum atomic E-state index is -0.488. The Morgan fingerprint density at radius 1 is 1.56 bits per heavy atom. The largest absolute Gasteiger partial charge is 0.285 e. The van der Waals surface area contributed by atoms with Crippen LogP contribution < -0.4 is 0 Å². The van der Waals surface area contributed by atoms with Gasteiger partial charge < -0.3 is 0 Å². The predicted molar refractivity (Wildman–Crippen MR) is 44.3 cm³/mol. The fraction of sp³-hybridized carbons (Fsp3) is 0.750. The number of carbonyl (C=O) groups is 1. The lowest BCUT2D eigenvalue weighted by atomic mass is 10.3. The van der Waals surface area contributed by atoms with E-state index in [1.165, 1.54) is 21.6 Å². The molecule has 0 radical (unpaired) electrons. The maximum atomic E-state index is 10.7. The Labute approximate surface area is 71.2 Å². The van der Waals surface area contributed by atoms with Crippen LogP contribution in [0, 0.1) is 0 Å². The highest BCUT2D eigenvalue weighted by molar-refractivity contribution is 8.82. The van der Waals surface area contributed by atoms with Gasteiger partial charge in [0.25, 0.3) is 0 Å². The molecule has 2 unspecified atom stereocenters. The first-order chi connectivity index (χ1) is 4.22. The van der Waals surface area contributed by atoms with Crippen LogP contribution in [0.4, 0.5) is 0 Å². The monoisotopic (exact) mass is 202 g/mol. The molecule has 0 aromatic carbocycles. The third kappa shape index (κ3) is 1.93. The molecule has 52 valence electrons. The quantitative estimate of drug-likeness (QED) is 0.443. The lowest BCUT2D eigenvalue weighted by Crippen LogP contribution is -2.27. The second-order valence-electron chi connectivity index (χ2n) is 1.60. The van der Waals surface area contributed by atoms with E-state index < -0.39 is 5.38 Å². The van der Waals surface area contributed by atoms with Crippen LogP contribution in [0.15, 0.2) is 0 Å². The van der Waals surface area contributed by atoms with E-state index in [1.807, 2.05) is 0 Å². The molecule has 0 aromatic heterocycles. The zero-order valence-corrected chi connectivity index (χ0v) is 7.49. The fourth-order valence-corrected chi connectivity index (χ4v) is 3.59. The van der Waals surface area contributed by atoms with Crippen molar-refractivity contribution in [2.24, 2.45) is 0 Å². The molecule has 0 bridgehead atoms. The van der Waals surface area contributed by atoms with Crippen LogP contribution in [0.2, 0.25) is 0 Å². The number of halogens is 2. The van der Waals surface area contributed by atoms with Gasteiger partial charge in [0.15, 0.2) is 0 Å². The van der Waals surface area contributed by atoms with Crippen molar-refractivity contribution in [1.82, 2.24) is 0 Å². The highest BCUT2D eigenvalue weighted by Gasteiger charge is 2.29. The average Bonchev–Trinajstić information content (AvgIpc) is 1.83. The van der Waals surface area contributed by atoms with Crippen LogP contribution in [-0.2, 0) is 4.79 Å².